The van der Waals surface area contributed by atoms with Gasteiger partial charge in [0, 0.05) is 12.2 Å². The number of nitrogens with one attached hydrogen (secondary N) is 1. The van der Waals surface area contributed by atoms with Gasteiger partial charge in [0.15, 0.2) is 0 Å². The molecule has 0 bridgehead atoms. The molecule has 0 saturated carbocycles. The van der Waals surface area contributed by atoms with Gasteiger partial charge >= 0.3 is 0 Å². The van der Waals surface area contributed by atoms with E-state index in [0.717, 1.165) is 23.8 Å². The van der Waals surface area contributed by atoms with Gasteiger partial charge in [0.25, 0.3) is 15.9 Å². The number of rotatable bonds is 4. The molecule has 1 amide bonds. The number of benzene rings is 2. The zero-order valence-electron chi connectivity index (χ0n) is 14.4. The van der Waals surface area contributed by atoms with E-state index in [1.165, 1.54) is 11.3 Å². The summed E-state index contributed by atoms with van der Waals surface area (Å²) in [6.07, 6.45) is 0.701. The van der Waals surface area contributed by atoms with Gasteiger partial charge in [-0.2, -0.15) is 0 Å². The lowest BCUT2D eigenvalue weighted by Crippen LogP contribution is -2.28. The lowest BCUT2D eigenvalue weighted by molar-refractivity contribution is 0.0993. The fraction of sp³-hybridized carbons (Fsp3) is 0.105. The molecule has 0 fully saturated rings. The quantitative estimate of drug-likeness (QED) is 0.652. The van der Waals surface area contributed by atoms with E-state index in [1.54, 1.807) is 29.2 Å². The number of nitrogens with zero attached hydrogens (tertiary/aromatic N) is 1. The Balaban J connectivity index is 1.63. The summed E-state index contributed by atoms with van der Waals surface area (Å²) < 4.78 is 41.0. The van der Waals surface area contributed by atoms with Gasteiger partial charge in [0.1, 0.15) is 5.82 Å². The average Bonchev–Trinajstić information content (AvgIpc) is 3.32. The molecule has 0 radical (unpaired) electrons. The molecule has 0 aliphatic carbocycles. The largest absolute Gasteiger partial charge is 0.307 e. The van der Waals surface area contributed by atoms with Crippen LogP contribution in [-0.4, -0.2) is 20.9 Å². The molecule has 0 atom stereocenters. The predicted octanol–water partition coefficient (Wildman–Crippen LogP) is 4.54. The number of fused-ring (bicyclic) bond motifs is 1. The van der Waals surface area contributed by atoms with E-state index in [0.29, 0.717) is 29.2 Å². The number of anilines is 2. The molecule has 2 aromatic carbocycles. The normalized spacial score (nSPS) is 13.4. The molecule has 0 saturated heterocycles. The second-order valence-corrected chi connectivity index (χ2v) is 9.25. The molecule has 1 aromatic heterocycles. The number of sulfonamides is 1. The SMILES string of the molecule is O=C(c1cccs1)N1CCc2ccc(NS(=O)(=O)c3ccc(F)c(Cl)c3)cc21. The summed E-state index contributed by atoms with van der Waals surface area (Å²) in [7, 11) is -3.95. The Morgan fingerprint density at radius 2 is 2.00 bits per heavy atom. The van der Waals surface area contributed by atoms with Gasteiger partial charge in [0.05, 0.1) is 20.5 Å². The first-order valence-electron chi connectivity index (χ1n) is 8.31. The van der Waals surface area contributed by atoms with Crippen LogP contribution in [0.15, 0.2) is 58.8 Å². The number of carbonyl (C=O) groups excluding carboxylic acids is 1. The van der Waals surface area contributed by atoms with Crippen molar-refractivity contribution < 1.29 is 17.6 Å². The first-order chi connectivity index (χ1) is 13.3. The predicted molar refractivity (Wildman–Crippen MR) is 108 cm³/mol. The Morgan fingerprint density at radius 3 is 2.71 bits per heavy atom. The zero-order valence-corrected chi connectivity index (χ0v) is 16.7. The summed E-state index contributed by atoms with van der Waals surface area (Å²) in [5, 5.41) is 1.56. The Morgan fingerprint density at radius 1 is 1.18 bits per heavy atom. The summed E-state index contributed by atoms with van der Waals surface area (Å²) in [6.45, 7) is 0.538. The van der Waals surface area contributed by atoms with Gasteiger partial charge in [-0.3, -0.25) is 9.52 Å². The second-order valence-electron chi connectivity index (χ2n) is 6.21. The van der Waals surface area contributed by atoms with Gasteiger partial charge in [0.2, 0.25) is 0 Å². The van der Waals surface area contributed by atoms with Crippen molar-refractivity contribution >= 4 is 50.2 Å². The van der Waals surface area contributed by atoms with Crippen LogP contribution < -0.4 is 9.62 Å². The van der Waals surface area contributed by atoms with Crippen LogP contribution in [0.1, 0.15) is 15.2 Å². The van der Waals surface area contributed by atoms with E-state index in [2.05, 4.69) is 4.72 Å². The summed E-state index contributed by atoms with van der Waals surface area (Å²) in [6, 6.07) is 11.8. The Labute approximate surface area is 170 Å². The van der Waals surface area contributed by atoms with Crippen molar-refractivity contribution in [3.63, 3.8) is 0 Å². The summed E-state index contributed by atoms with van der Waals surface area (Å²) >= 11 is 7.05. The van der Waals surface area contributed by atoms with Crippen LogP contribution in [0.3, 0.4) is 0 Å². The maximum atomic E-state index is 13.3. The van der Waals surface area contributed by atoms with Gasteiger partial charge in [-0.05, 0) is 53.8 Å². The fourth-order valence-corrected chi connectivity index (χ4v) is 5.04. The first-order valence-corrected chi connectivity index (χ1v) is 11.1. The van der Waals surface area contributed by atoms with E-state index in [9.17, 15) is 17.6 Å². The Hall–Kier alpha value is -2.42. The van der Waals surface area contributed by atoms with Crippen molar-refractivity contribution in [2.75, 3.05) is 16.2 Å². The molecule has 4 rings (SSSR count). The van der Waals surface area contributed by atoms with Crippen molar-refractivity contribution in [1.82, 2.24) is 0 Å². The van der Waals surface area contributed by atoms with E-state index in [4.69, 9.17) is 11.6 Å². The highest BCUT2D eigenvalue weighted by molar-refractivity contribution is 7.92. The van der Waals surface area contributed by atoms with Crippen LogP contribution in [0.4, 0.5) is 15.8 Å². The third-order valence-electron chi connectivity index (χ3n) is 4.41. The number of thiophene rings is 1. The summed E-state index contributed by atoms with van der Waals surface area (Å²) in [5.74, 6) is -0.806. The van der Waals surface area contributed by atoms with Gasteiger partial charge in [-0.15, -0.1) is 11.3 Å². The van der Waals surface area contributed by atoms with E-state index < -0.39 is 15.8 Å². The van der Waals surface area contributed by atoms with Crippen molar-refractivity contribution in [2.24, 2.45) is 0 Å². The minimum absolute atomic E-state index is 0.112. The number of hydrogen-bond acceptors (Lipinski definition) is 4. The minimum Gasteiger partial charge on any atom is -0.307 e. The molecule has 1 N–H and O–H groups in total. The van der Waals surface area contributed by atoms with Crippen molar-refractivity contribution in [1.29, 1.82) is 0 Å². The van der Waals surface area contributed by atoms with Crippen molar-refractivity contribution in [3.05, 3.63) is 75.2 Å². The molecule has 1 aliphatic rings. The zero-order chi connectivity index (χ0) is 19.9. The minimum atomic E-state index is -3.95. The molecule has 0 unspecified atom stereocenters. The van der Waals surface area contributed by atoms with Crippen molar-refractivity contribution in [3.8, 4) is 0 Å². The maximum Gasteiger partial charge on any atom is 0.268 e. The van der Waals surface area contributed by atoms with Crippen LogP contribution in [0.5, 0.6) is 0 Å². The highest BCUT2D eigenvalue weighted by Gasteiger charge is 2.27. The third kappa shape index (κ3) is 3.50. The van der Waals surface area contributed by atoms with Crippen LogP contribution in [-0.2, 0) is 16.4 Å². The molecule has 144 valence electrons. The maximum absolute atomic E-state index is 13.3. The van der Waals surface area contributed by atoms with Crippen molar-refractivity contribution in [2.45, 2.75) is 11.3 Å². The smallest absolute Gasteiger partial charge is 0.268 e. The molecule has 28 heavy (non-hydrogen) atoms. The highest BCUT2D eigenvalue weighted by Crippen LogP contribution is 2.33. The van der Waals surface area contributed by atoms with E-state index >= 15 is 0 Å². The topological polar surface area (TPSA) is 66.5 Å². The molecule has 0 spiro atoms. The lowest BCUT2D eigenvalue weighted by atomic mass is 10.1. The molecule has 3 aromatic rings. The summed E-state index contributed by atoms with van der Waals surface area (Å²) in [4.78, 5) is 14.8. The molecule has 1 aliphatic heterocycles. The number of hydrogen-bond donors (Lipinski definition) is 1. The van der Waals surface area contributed by atoms with Gasteiger partial charge in [-0.25, -0.2) is 12.8 Å². The number of carbonyl (C=O) groups is 1. The van der Waals surface area contributed by atoms with E-state index in [1.807, 2.05) is 11.4 Å². The molecular formula is C19H14ClFN2O3S2. The van der Waals surface area contributed by atoms with E-state index in [-0.39, 0.29) is 15.8 Å². The lowest BCUT2D eigenvalue weighted by Gasteiger charge is -2.17. The van der Waals surface area contributed by atoms with Crippen LogP contribution in [0, 0.1) is 5.82 Å². The summed E-state index contributed by atoms with van der Waals surface area (Å²) in [5.41, 5.74) is 1.96. The average molecular weight is 437 g/mol. The Bertz CT molecular complexity index is 1160. The van der Waals surface area contributed by atoms with Gasteiger partial charge < -0.3 is 4.90 Å². The first kappa shape index (κ1) is 18.9. The monoisotopic (exact) mass is 436 g/mol. The third-order valence-corrected chi connectivity index (χ3v) is 6.94. The van der Waals surface area contributed by atoms with Crippen LogP contribution in [0.2, 0.25) is 5.02 Å². The standard InChI is InChI=1S/C19H14ClFN2O3S2/c20-15-11-14(5-6-16(15)21)28(25,26)22-13-4-3-12-7-8-23(17(12)10-13)19(24)18-2-1-9-27-18/h1-6,9-11,22H,7-8H2. The van der Waals surface area contributed by atoms with Gasteiger partial charge in [-0.1, -0.05) is 23.7 Å². The second kappa shape index (κ2) is 7.20. The highest BCUT2D eigenvalue weighted by atomic mass is 35.5. The Kier molecular flexibility index (Phi) is 4.86. The molecule has 5 nitrogen and oxygen atoms in total. The number of amides is 1. The van der Waals surface area contributed by atoms with Crippen LogP contribution in [0.25, 0.3) is 0 Å². The molecule has 9 heteroatoms. The fourth-order valence-electron chi connectivity index (χ4n) is 3.05. The van der Waals surface area contributed by atoms with Crippen LogP contribution >= 0.6 is 22.9 Å². The molecular weight excluding hydrogens is 423 g/mol. The molecule has 2 heterocycles. The number of halogens is 2.